The van der Waals surface area contributed by atoms with Crippen LogP contribution in [0.5, 0.6) is 0 Å². The van der Waals surface area contributed by atoms with Gasteiger partial charge in [0.1, 0.15) is 11.9 Å². The second-order valence-electron chi connectivity index (χ2n) is 5.45. The van der Waals surface area contributed by atoms with Crippen LogP contribution in [0.4, 0.5) is 10.1 Å². The lowest BCUT2D eigenvalue weighted by Crippen LogP contribution is -2.48. The Balaban J connectivity index is 2.23. The third-order valence-corrected chi connectivity index (χ3v) is 3.83. The molecule has 0 aliphatic carbocycles. The number of hydrogen-bond acceptors (Lipinski definition) is 4. The molecule has 1 heterocycles. The molecule has 0 aromatic heterocycles. The number of likely N-dealkylation sites (tertiary alicyclic amines) is 1. The van der Waals surface area contributed by atoms with Gasteiger partial charge in [0, 0.05) is 12.6 Å². The smallest absolute Gasteiger partial charge is 0.321 e. The van der Waals surface area contributed by atoms with Gasteiger partial charge in [0.05, 0.1) is 11.0 Å². The van der Waals surface area contributed by atoms with Gasteiger partial charge < -0.3 is 5.11 Å². The minimum absolute atomic E-state index is 0.000190. The number of rotatable bonds is 4. The number of hydrogen-bond donors (Lipinski definition) is 1. The summed E-state index contributed by atoms with van der Waals surface area (Å²) in [6.45, 7) is 2.66. The number of nitrogens with zero attached hydrogens (tertiary/aromatic N) is 2. The molecule has 1 saturated heterocycles. The fourth-order valence-corrected chi connectivity index (χ4v) is 2.91. The van der Waals surface area contributed by atoms with Crippen molar-refractivity contribution in [3.63, 3.8) is 0 Å². The van der Waals surface area contributed by atoms with Crippen molar-refractivity contribution < 1.29 is 19.2 Å². The number of halogens is 1. The van der Waals surface area contributed by atoms with E-state index in [1.807, 2.05) is 6.92 Å². The Hall–Kier alpha value is -2.02. The van der Waals surface area contributed by atoms with Crippen molar-refractivity contribution in [2.45, 2.75) is 32.4 Å². The highest BCUT2D eigenvalue weighted by Crippen LogP contribution is 2.26. The maximum Gasteiger partial charge on any atom is 0.321 e. The summed E-state index contributed by atoms with van der Waals surface area (Å²) in [6, 6.07) is 2.73. The molecule has 1 fully saturated rings. The lowest BCUT2D eigenvalue weighted by molar-refractivity contribution is -0.385. The first-order valence-corrected chi connectivity index (χ1v) is 6.79. The normalized spacial score (nSPS) is 23.0. The molecule has 6 nitrogen and oxygen atoms in total. The van der Waals surface area contributed by atoms with E-state index in [2.05, 4.69) is 0 Å². The first-order chi connectivity index (χ1) is 9.88. The van der Waals surface area contributed by atoms with Crippen molar-refractivity contribution in [2.24, 2.45) is 5.92 Å². The molecule has 0 amide bonds. The molecule has 1 aromatic carbocycles. The van der Waals surface area contributed by atoms with Crippen LogP contribution < -0.4 is 0 Å². The van der Waals surface area contributed by atoms with Crippen LogP contribution >= 0.6 is 0 Å². The van der Waals surface area contributed by atoms with Gasteiger partial charge in [-0.25, -0.2) is 4.39 Å². The summed E-state index contributed by atoms with van der Waals surface area (Å²) < 4.78 is 13.4. The SMILES string of the molecule is CC1CCCN(Cc2cc(F)cc([N+](=O)[O-])c2)C1C(=O)O. The maximum atomic E-state index is 13.4. The predicted molar refractivity (Wildman–Crippen MR) is 73.3 cm³/mol. The van der Waals surface area contributed by atoms with Crippen molar-refractivity contribution in [3.05, 3.63) is 39.7 Å². The van der Waals surface area contributed by atoms with E-state index in [4.69, 9.17) is 0 Å². The summed E-state index contributed by atoms with van der Waals surface area (Å²) in [5.41, 5.74) is 0.101. The Labute approximate surface area is 121 Å². The molecule has 1 aromatic rings. The van der Waals surface area contributed by atoms with Gasteiger partial charge in [-0.2, -0.15) is 0 Å². The van der Waals surface area contributed by atoms with Crippen molar-refractivity contribution in [3.8, 4) is 0 Å². The fourth-order valence-electron chi connectivity index (χ4n) is 2.91. The molecule has 2 unspecified atom stereocenters. The van der Waals surface area contributed by atoms with E-state index in [-0.39, 0.29) is 18.2 Å². The summed E-state index contributed by atoms with van der Waals surface area (Å²) in [5.74, 6) is -1.59. The molecule has 0 spiro atoms. The van der Waals surface area contributed by atoms with Crippen molar-refractivity contribution in [2.75, 3.05) is 6.54 Å². The summed E-state index contributed by atoms with van der Waals surface area (Å²) >= 11 is 0. The molecule has 2 rings (SSSR count). The standard InChI is InChI=1S/C14H17FN2O4/c1-9-3-2-4-16(13(9)14(18)19)8-10-5-11(15)7-12(6-10)17(20)21/h5-7,9,13H,2-4,8H2,1H3,(H,18,19). The zero-order valence-electron chi connectivity index (χ0n) is 11.7. The predicted octanol–water partition coefficient (Wildman–Crippen LogP) is 2.42. The average molecular weight is 296 g/mol. The Morgan fingerprint density at radius 2 is 2.24 bits per heavy atom. The van der Waals surface area contributed by atoms with Crippen molar-refractivity contribution >= 4 is 11.7 Å². The van der Waals surface area contributed by atoms with Crippen LogP contribution in [0, 0.1) is 21.8 Å². The Bertz CT molecular complexity index is 564. The molecule has 0 saturated carbocycles. The van der Waals surface area contributed by atoms with Crippen molar-refractivity contribution in [1.29, 1.82) is 0 Å². The van der Waals surface area contributed by atoms with Gasteiger partial charge >= 0.3 is 5.97 Å². The van der Waals surface area contributed by atoms with Crippen LogP contribution in [0.25, 0.3) is 0 Å². The van der Waals surface area contributed by atoms with Gasteiger partial charge in [-0.3, -0.25) is 19.8 Å². The monoisotopic (exact) mass is 296 g/mol. The van der Waals surface area contributed by atoms with Gasteiger partial charge in [-0.15, -0.1) is 0 Å². The molecule has 0 radical (unpaired) electrons. The molecule has 1 aliphatic heterocycles. The van der Waals surface area contributed by atoms with E-state index in [0.717, 1.165) is 18.9 Å². The highest BCUT2D eigenvalue weighted by molar-refractivity contribution is 5.74. The van der Waals surface area contributed by atoms with Crippen LogP contribution in [0.1, 0.15) is 25.3 Å². The fraction of sp³-hybridized carbons (Fsp3) is 0.500. The van der Waals surface area contributed by atoms with E-state index in [1.165, 1.54) is 12.1 Å². The summed E-state index contributed by atoms with van der Waals surface area (Å²) in [6.07, 6.45) is 1.69. The minimum Gasteiger partial charge on any atom is -0.480 e. The molecular weight excluding hydrogens is 279 g/mol. The number of carbonyl (C=O) groups is 1. The number of benzene rings is 1. The van der Waals surface area contributed by atoms with Gasteiger partial charge in [-0.05, 0) is 36.9 Å². The molecule has 2 atom stereocenters. The van der Waals surface area contributed by atoms with E-state index in [9.17, 15) is 24.4 Å². The molecule has 7 heteroatoms. The minimum atomic E-state index is -0.909. The lowest BCUT2D eigenvalue weighted by atomic mass is 9.90. The molecular formula is C14H17FN2O4. The number of carboxylic acids is 1. The van der Waals surface area contributed by atoms with E-state index in [1.54, 1.807) is 4.90 Å². The van der Waals surface area contributed by atoms with Crippen LogP contribution in [-0.4, -0.2) is 33.5 Å². The van der Waals surface area contributed by atoms with Crippen LogP contribution in [-0.2, 0) is 11.3 Å². The largest absolute Gasteiger partial charge is 0.480 e. The molecule has 1 N–H and O–H groups in total. The van der Waals surface area contributed by atoms with E-state index < -0.39 is 22.8 Å². The Morgan fingerprint density at radius 1 is 1.52 bits per heavy atom. The number of non-ortho nitro benzene ring substituents is 1. The van der Waals surface area contributed by atoms with Crippen molar-refractivity contribution in [1.82, 2.24) is 4.90 Å². The topological polar surface area (TPSA) is 83.7 Å². The first kappa shape index (κ1) is 15.4. The average Bonchev–Trinajstić information content (AvgIpc) is 2.37. The molecule has 114 valence electrons. The quantitative estimate of drug-likeness (QED) is 0.681. The van der Waals surface area contributed by atoms with E-state index >= 15 is 0 Å². The molecule has 21 heavy (non-hydrogen) atoms. The zero-order chi connectivity index (χ0) is 15.6. The number of nitro benzene ring substituents is 1. The third kappa shape index (κ3) is 3.55. The second-order valence-corrected chi connectivity index (χ2v) is 5.45. The van der Waals surface area contributed by atoms with Crippen LogP contribution in [0.15, 0.2) is 18.2 Å². The molecule has 0 bridgehead atoms. The highest BCUT2D eigenvalue weighted by Gasteiger charge is 2.34. The lowest BCUT2D eigenvalue weighted by Gasteiger charge is -2.37. The first-order valence-electron chi connectivity index (χ1n) is 6.79. The van der Waals surface area contributed by atoms with Gasteiger partial charge in [0.2, 0.25) is 0 Å². The highest BCUT2D eigenvalue weighted by atomic mass is 19.1. The number of carboxylic acid groups (broad SMARTS) is 1. The summed E-state index contributed by atoms with van der Waals surface area (Å²) in [7, 11) is 0. The maximum absolute atomic E-state index is 13.4. The zero-order valence-corrected chi connectivity index (χ0v) is 11.7. The van der Waals surface area contributed by atoms with Gasteiger partial charge in [-0.1, -0.05) is 6.92 Å². The van der Waals surface area contributed by atoms with Gasteiger partial charge in [0.25, 0.3) is 5.69 Å². The van der Waals surface area contributed by atoms with Gasteiger partial charge in [0.15, 0.2) is 0 Å². The molecule has 1 aliphatic rings. The van der Waals surface area contributed by atoms with Crippen LogP contribution in [0.3, 0.4) is 0 Å². The number of aliphatic carboxylic acids is 1. The summed E-state index contributed by atoms with van der Waals surface area (Å²) in [5, 5.41) is 20.1. The number of piperidine rings is 1. The Morgan fingerprint density at radius 3 is 2.86 bits per heavy atom. The Kier molecular flexibility index (Phi) is 4.52. The number of nitro groups is 1. The third-order valence-electron chi connectivity index (χ3n) is 3.83. The second kappa shape index (κ2) is 6.17. The van der Waals surface area contributed by atoms with E-state index in [0.29, 0.717) is 12.1 Å². The van der Waals surface area contributed by atoms with Crippen LogP contribution in [0.2, 0.25) is 0 Å². The summed E-state index contributed by atoms with van der Waals surface area (Å²) in [4.78, 5) is 23.2.